The quantitative estimate of drug-likeness (QED) is 0.539. The molecule has 0 unspecified atom stereocenters. The van der Waals surface area contributed by atoms with Crippen LogP contribution in [0.25, 0.3) is 11.0 Å². The van der Waals surface area contributed by atoms with Crippen LogP contribution in [-0.2, 0) is 17.7 Å². The van der Waals surface area contributed by atoms with Gasteiger partial charge in [0.15, 0.2) is 5.75 Å². The van der Waals surface area contributed by atoms with Crippen LogP contribution in [0.3, 0.4) is 0 Å². The lowest BCUT2D eigenvalue weighted by Crippen LogP contribution is -2.35. The Bertz CT molecular complexity index is 1140. The molecule has 0 saturated heterocycles. The van der Waals surface area contributed by atoms with Gasteiger partial charge in [0.25, 0.3) is 11.5 Å². The second-order valence-corrected chi connectivity index (χ2v) is 7.80. The van der Waals surface area contributed by atoms with Gasteiger partial charge in [-0.05, 0) is 41.7 Å². The van der Waals surface area contributed by atoms with Crippen molar-refractivity contribution in [2.75, 3.05) is 20.3 Å². The Labute approximate surface area is 179 Å². The molecular formula is C23H26FN3O4. The molecule has 2 heterocycles. The van der Waals surface area contributed by atoms with E-state index in [-0.39, 0.29) is 36.0 Å². The van der Waals surface area contributed by atoms with Crippen molar-refractivity contribution in [3.05, 3.63) is 69.4 Å². The molecule has 7 nitrogen and oxygen atoms in total. The van der Waals surface area contributed by atoms with Gasteiger partial charge in [-0.3, -0.25) is 14.6 Å². The molecule has 0 aliphatic carbocycles. The lowest BCUT2D eigenvalue weighted by molar-refractivity contribution is 0.0932. The molecule has 0 bridgehead atoms. The lowest BCUT2D eigenvalue weighted by atomic mass is 10.0. The number of fused-ring (bicyclic) bond motifs is 1. The van der Waals surface area contributed by atoms with Crippen LogP contribution in [-0.4, -0.2) is 40.8 Å². The van der Waals surface area contributed by atoms with Gasteiger partial charge in [-0.15, -0.1) is 0 Å². The normalized spacial score (nSPS) is 11.3. The summed E-state index contributed by atoms with van der Waals surface area (Å²) >= 11 is 0. The number of aromatic nitrogens is 2. The van der Waals surface area contributed by atoms with Gasteiger partial charge in [0, 0.05) is 26.4 Å². The number of carbonyl (C=O) groups excluding carboxylic acids is 1. The molecule has 1 aromatic carbocycles. The molecule has 3 rings (SSSR count). The van der Waals surface area contributed by atoms with E-state index in [2.05, 4.69) is 10.3 Å². The zero-order valence-electron chi connectivity index (χ0n) is 17.8. The lowest BCUT2D eigenvalue weighted by Gasteiger charge is -2.17. The highest BCUT2D eigenvalue weighted by Gasteiger charge is 2.23. The third kappa shape index (κ3) is 5.08. The van der Waals surface area contributed by atoms with E-state index in [1.807, 2.05) is 13.8 Å². The van der Waals surface area contributed by atoms with Crippen molar-refractivity contribution in [1.29, 1.82) is 0 Å². The summed E-state index contributed by atoms with van der Waals surface area (Å²) in [7, 11) is 1.50. The number of pyridine rings is 2. The summed E-state index contributed by atoms with van der Waals surface area (Å²) in [5, 5.41) is 13.3. The Balaban J connectivity index is 2.09. The highest BCUT2D eigenvalue weighted by Crippen LogP contribution is 2.26. The number of nitrogens with zero attached hydrogens (tertiary/aromatic N) is 2. The van der Waals surface area contributed by atoms with Crippen molar-refractivity contribution in [1.82, 2.24) is 14.9 Å². The van der Waals surface area contributed by atoms with Gasteiger partial charge < -0.3 is 19.7 Å². The highest BCUT2D eigenvalue weighted by molar-refractivity contribution is 6.01. The number of aromatic hydroxyl groups is 1. The van der Waals surface area contributed by atoms with Crippen molar-refractivity contribution < 1.29 is 19.0 Å². The summed E-state index contributed by atoms with van der Waals surface area (Å²) in [6, 6.07) is 7.93. The van der Waals surface area contributed by atoms with E-state index in [0.29, 0.717) is 18.5 Å². The maximum Gasteiger partial charge on any atom is 0.267 e. The minimum Gasteiger partial charge on any atom is -0.505 e. The van der Waals surface area contributed by atoms with Crippen LogP contribution in [0.2, 0.25) is 0 Å². The molecule has 164 valence electrons. The first-order chi connectivity index (χ1) is 14.8. The van der Waals surface area contributed by atoms with Gasteiger partial charge in [-0.1, -0.05) is 26.0 Å². The monoisotopic (exact) mass is 427 g/mol. The Hall–Kier alpha value is -3.26. The summed E-state index contributed by atoms with van der Waals surface area (Å²) in [6.07, 6.45) is 2.07. The fourth-order valence-electron chi connectivity index (χ4n) is 3.39. The second kappa shape index (κ2) is 9.70. The van der Waals surface area contributed by atoms with Gasteiger partial charge in [-0.25, -0.2) is 4.39 Å². The predicted molar refractivity (Wildman–Crippen MR) is 116 cm³/mol. The number of halogens is 1. The molecule has 0 atom stereocenters. The number of ether oxygens (including phenoxy) is 1. The van der Waals surface area contributed by atoms with Crippen LogP contribution < -0.4 is 10.9 Å². The largest absolute Gasteiger partial charge is 0.505 e. The van der Waals surface area contributed by atoms with Crippen LogP contribution in [0.1, 0.15) is 35.3 Å². The molecule has 31 heavy (non-hydrogen) atoms. The van der Waals surface area contributed by atoms with E-state index in [4.69, 9.17) is 4.74 Å². The second-order valence-electron chi connectivity index (χ2n) is 7.80. The number of carbonyl (C=O) groups is 1. The Morgan fingerprint density at radius 3 is 2.61 bits per heavy atom. The molecule has 8 heteroatoms. The van der Waals surface area contributed by atoms with Crippen molar-refractivity contribution in [3.8, 4) is 5.75 Å². The maximum atomic E-state index is 13.2. The minimum absolute atomic E-state index is 0.121. The first-order valence-corrected chi connectivity index (χ1v) is 10.1. The molecule has 0 spiro atoms. The number of amides is 1. The Morgan fingerprint density at radius 2 is 1.97 bits per heavy atom. The Morgan fingerprint density at radius 1 is 1.26 bits per heavy atom. The number of hydrogen-bond acceptors (Lipinski definition) is 5. The van der Waals surface area contributed by atoms with E-state index >= 15 is 0 Å². The molecule has 1 amide bonds. The smallest absolute Gasteiger partial charge is 0.267 e. The topological polar surface area (TPSA) is 93.4 Å². The summed E-state index contributed by atoms with van der Waals surface area (Å²) in [6.45, 7) is 4.76. The van der Waals surface area contributed by atoms with Gasteiger partial charge in [0.2, 0.25) is 0 Å². The summed E-state index contributed by atoms with van der Waals surface area (Å²) in [5.74, 6) is -1.30. The molecule has 0 fully saturated rings. The average molecular weight is 427 g/mol. The van der Waals surface area contributed by atoms with Crippen LogP contribution in [0.4, 0.5) is 4.39 Å². The minimum atomic E-state index is -0.670. The van der Waals surface area contributed by atoms with Crippen molar-refractivity contribution in [3.63, 3.8) is 0 Å². The van der Waals surface area contributed by atoms with Gasteiger partial charge in [0.1, 0.15) is 16.9 Å². The van der Waals surface area contributed by atoms with Crippen LogP contribution in [0.15, 0.2) is 41.3 Å². The van der Waals surface area contributed by atoms with Crippen molar-refractivity contribution >= 4 is 16.9 Å². The van der Waals surface area contributed by atoms with E-state index in [1.54, 1.807) is 24.4 Å². The van der Waals surface area contributed by atoms with E-state index in [0.717, 1.165) is 11.1 Å². The number of hydrogen-bond donors (Lipinski definition) is 2. The third-order valence-electron chi connectivity index (χ3n) is 4.82. The molecule has 0 aliphatic rings. The van der Waals surface area contributed by atoms with Gasteiger partial charge in [0.05, 0.1) is 12.1 Å². The van der Waals surface area contributed by atoms with E-state index in [9.17, 15) is 19.1 Å². The van der Waals surface area contributed by atoms with E-state index in [1.165, 1.54) is 23.8 Å². The predicted octanol–water partition coefficient (Wildman–Crippen LogP) is 2.86. The molecule has 2 aromatic heterocycles. The molecule has 0 saturated carbocycles. The summed E-state index contributed by atoms with van der Waals surface area (Å²) in [4.78, 5) is 30.1. The average Bonchev–Trinajstić information content (AvgIpc) is 2.73. The maximum absolute atomic E-state index is 13.2. The molecule has 0 aliphatic heterocycles. The number of benzene rings is 1. The summed E-state index contributed by atoms with van der Waals surface area (Å²) in [5.41, 5.74) is 1.41. The molecule has 0 radical (unpaired) electrons. The van der Waals surface area contributed by atoms with Crippen molar-refractivity contribution in [2.45, 2.75) is 26.8 Å². The SMILES string of the molecule is COCCNC(=O)c1c(O)c2ncc(Cc3ccc(F)cc3)cc2n(CC(C)C)c1=O. The van der Waals surface area contributed by atoms with E-state index < -0.39 is 17.2 Å². The van der Waals surface area contributed by atoms with Crippen molar-refractivity contribution in [2.24, 2.45) is 5.92 Å². The molecule has 3 aromatic rings. The zero-order valence-corrected chi connectivity index (χ0v) is 17.8. The van der Waals surface area contributed by atoms with Gasteiger partial charge in [-0.2, -0.15) is 0 Å². The molecular weight excluding hydrogens is 401 g/mol. The van der Waals surface area contributed by atoms with Crippen LogP contribution in [0.5, 0.6) is 5.75 Å². The van der Waals surface area contributed by atoms with Gasteiger partial charge >= 0.3 is 0 Å². The zero-order chi connectivity index (χ0) is 22.5. The van der Waals surface area contributed by atoms with Crippen LogP contribution >= 0.6 is 0 Å². The van der Waals surface area contributed by atoms with Crippen LogP contribution in [0, 0.1) is 11.7 Å². The number of rotatable bonds is 8. The number of methoxy groups -OCH3 is 1. The fraction of sp³-hybridized carbons (Fsp3) is 0.348. The third-order valence-corrected chi connectivity index (χ3v) is 4.82. The number of nitrogens with one attached hydrogen (secondary N) is 1. The molecule has 2 N–H and O–H groups in total. The highest BCUT2D eigenvalue weighted by atomic mass is 19.1. The fourth-order valence-corrected chi connectivity index (χ4v) is 3.39. The first kappa shape index (κ1) is 22.4. The first-order valence-electron chi connectivity index (χ1n) is 10.1. The Kier molecular flexibility index (Phi) is 7.02. The standard InChI is InChI=1S/C23H26FN3O4/c1-14(2)13-27-18-11-16(10-15-4-6-17(24)7-5-15)12-26-20(18)21(28)19(23(27)30)22(29)25-8-9-31-3/h4-7,11-12,14,28H,8-10,13H2,1-3H3,(H,25,29). The summed E-state index contributed by atoms with van der Waals surface area (Å²) < 4.78 is 19.6.